The SMILES string of the molecule is Cc1ccc(C)c(C(=O)Nc2nc3c(C)cc(Cl)cc3s2)c1. The van der Waals surface area contributed by atoms with Gasteiger partial charge in [-0.05, 0) is 50.1 Å². The monoisotopic (exact) mass is 330 g/mol. The Balaban J connectivity index is 1.94. The number of fused-ring (bicyclic) bond motifs is 1. The maximum absolute atomic E-state index is 12.4. The van der Waals surface area contributed by atoms with Crippen LogP contribution in [0.4, 0.5) is 5.13 Å². The fraction of sp³-hybridized carbons (Fsp3) is 0.176. The molecule has 0 spiro atoms. The van der Waals surface area contributed by atoms with E-state index in [4.69, 9.17) is 11.6 Å². The number of aromatic nitrogens is 1. The molecule has 3 aromatic rings. The van der Waals surface area contributed by atoms with Crippen molar-refractivity contribution in [3.05, 3.63) is 57.6 Å². The van der Waals surface area contributed by atoms with E-state index in [1.165, 1.54) is 11.3 Å². The van der Waals surface area contributed by atoms with Crippen LogP contribution in [-0.2, 0) is 0 Å². The predicted molar refractivity (Wildman–Crippen MR) is 93.2 cm³/mol. The number of carbonyl (C=O) groups is 1. The number of anilines is 1. The Kier molecular flexibility index (Phi) is 3.89. The van der Waals surface area contributed by atoms with Gasteiger partial charge < -0.3 is 0 Å². The van der Waals surface area contributed by atoms with Crippen LogP contribution in [0.25, 0.3) is 10.2 Å². The van der Waals surface area contributed by atoms with Crippen molar-refractivity contribution in [1.82, 2.24) is 4.98 Å². The third kappa shape index (κ3) is 2.85. The van der Waals surface area contributed by atoms with Crippen molar-refractivity contribution in [2.24, 2.45) is 0 Å². The topological polar surface area (TPSA) is 42.0 Å². The van der Waals surface area contributed by atoms with Gasteiger partial charge in [0.2, 0.25) is 0 Å². The van der Waals surface area contributed by atoms with Crippen LogP contribution in [0.1, 0.15) is 27.0 Å². The summed E-state index contributed by atoms with van der Waals surface area (Å²) in [7, 11) is 0. The smallest absolute Gasteiger partial charge is 0.257 e. The molecule has 0 aliphatic rings. The zero-order chi connectivity index (χ0) is 15.9. The number of benzene rings is 2. The quantitative estimate of drug-likeness (QED) is 0.708. The van der Waals surface area contributed by atoms with Crippen LogP contribution in [-0.4, -0.2) is 10.9 Å². The number of aryl methyl sites for hydroxylation is 3. The first-order valence-corrected chi connectivity index (χ1v) is 8.09. The number of hydrogen-bond donors (Lipinski definition) is 1. The van der Waals surface area contributed by atoms with Gasteiger partial charge in [0.05, 0.1) is 10.2 Å². The van der Waals surface area contributed by atoms with E-state index in [-0.39, 0.29) is 5.91 Å². The molecule has 0 atom stereocenters. The minimum atomic E-state index is -0.135. The number of amides is 1. The molecule has 1 aromatic heterocycles. The van der Waals surface area contributed by atoms with Crippen LogP contribution in [0.2, 0.25) is 5.02 Å². The molecule has 1 N–H and O–H groups in total. The molecule has 0 aliphatic carbocycles. The summed E-state index contributed by atoms with van der Waals surface area (Å²) in [4.78, 5) is 16.9. The maximum Gasteiger partial charge on any atom is 0.257 e. The first-order valence-electron chi connectivity index (χ1n) is 6.89. The van der Waals surface area contributed by atoms with E-state index in [2.05, 4.69) is 10.3 Å². The van der Waals surface area contributed by atoms with E-state index in [1.807, 2.05) is 51.1 Å². The van der Waals surface area contributed by atoms with Crippen LogP contribution in [0.3, 0.4) is 0 Å². The lowest BCUT2D eigenvalue weighted by Gasteiger charge is -2.06. The molecular weight excluding hydrogens is 316 g/mol. The van der Waals surface area contributed by atoms with Crippen molar-refractivity contribution in [2.45, 2.75) is 20.8 Å². The van der Waals surface area contributed by atoms with Crippen LogP contribution >= 0.6 is 22.9 Å². The summed E-state index contributed by atoms with van der Waals surface area (Å²) in [5, 5.41) is 4.16. The highest BCUT2D eigenvalue weighted by molar-refractivity contribution is 7.22. The van der Waals surface area contributed by atoms with Gasteiger partial charge in [-0.15, -0.1) is 0 Å². The van der Waals surface area contributed by atoms with Gasteiger partial charge in [-0.1, -0.05) is 40.6 Å². The van der Waals surface area contributed by atoms with Crippen LogP contribution in [0.15, 0.2) is 30.3 Å². The third-order valence-corrected chi connectivity index (χ3v) is 4.64. The molecule has 0 saturated carbocycles. The fourth-order valence-electron chi connectivity index (χ4n) is 2.35. The highest BCUT2D eigenvalue weighted by Gasteiger charge is 2.13. The van der Waals surface area contributed by atoms with Gasteiger partial charge in [-0.3, -0.25) is 10.1 Å². The number of carbonyl (C=O) groups excluding carboxylic acids is 1. The number of thiazole rings is 1. The molecule has 3 rings (SSSR count). The molecule has 1 amide bonds. The van der Waals surface area contributed by atoms with E-state index in [0.29, 0.717) is 15.7 Å². The average molecular weight is 331 g/mol. The third-order valence-electron chi connectivity index (χ3n) is 3.51. The fourth-order valence-corrected chi connectivity index (χ4v) is 3.67. The van der Waals surface area contributed by atoms with E-state index in [1.54, 1.807) is 0 Å². The molecule has 0 saturated heterocycles. The summed E-state index contributed by atoms with van der Waals surface area (Å²) in [5.41, 5.74) is 4.57. The Morgan fingerprint density at radius 1 is 1.14 bits per heavy atom. The molecule has 2 aromatic carbocycles. The van der Waals surface area contributed by atoms with E-state index < -0.39 is 0 Å². The van der Waals surface area contributed by atoms with Crippen molar-refractivity contribution in [3.8, 4) is 0 Å². The number of nitrogens with one attached hydrogen (secondary N) is 1. The minimum absolute atomic E-state index is 0.135. The Morgan fingerprint density at radius 2 is 1.91 bits per heavy atom. The summed E-state index contributed by atoms with van der Waals surface area (Å²) in [6, 6.07) is 9.58. The van der Waals surface area contributed by atoms with Crippen molar-refractivity contribution in [1.29, 1.82) is 0 Å². The van der Waals surface area contributed by atoms with E-state index in [9.17, 15) is 4.79 Å². The number of hydrogen-bond acceptors (Lipinski definition) is 3. The van der Waals surface area contributed by atoms with Crippen LogP contribution in [0, 0.1) is 20.8 Å². The molecule has 0 aliphatic heterocycles. The molecule has 1 heterocycles. The molecule has 0 radical (unpaired) electrons. The highest BCUT2D eigenvalue weighted by Crippen LogP contribution is 2.31. The van der Waals surface area contributed by atoms with Crippen LogP contribution in [0.5, 0.6) is 0 Å². The largest absolute Gasteiger partial charge is 0.298 e. The van der Waals surface area contributed by atoms with Gasteiger partial charge in [-0.2, -0.15) is 0 Å². The molecule has 112 valence electrons. The second-order valence-electron chi connectivity index (χ2n) is 5.36. The first kappa shape index (κ1) is 15.0. The predicted octanol–water partition coefficient (Wildman–Crippen LogP) is 5.13. The minimum Gasteiger partial charge on any atom is -0.298 e. The maximum atomic E-state index is 12.4. The normalized spacial score (nSPS) is 10.9. The van der Waals surface area contributed by atoms with E-state index >= 15 is 0 Å². The van der Waals surface area contributed by atoms with E-state index in [0.717, 1.165) is 26.9 Å². The van der Waals surface area contributed by atoms with Crippen molar-refractivity contribution in [3.63, 3.8) is 0 Å². The summed E-state index contributed by atoms with van der Waals surface area (Å²) in [6.07, 6.45) is 0. The van der Waals surface area contributed by atoms with Gasteiger partial charge in [0.1, 0.15) is 0 Å². The van der Waals surface area contributed by atoms with Crippen molar-refractivity contribution >= 4 is 44.2 Å². The Hall–Kier alpha value is -1.91. The number of rotatable bonds is 2. The van der Waals surface area contributed by atoms with Gasteiger partial charge in [-0.25, -0.2) is 4.98 Å². The molecule has 0 bridgehead atoms. The van der Waals surface area contributed by atoms with Crippen LogP contribution < -0.4 is 5.32 Å². The second kappa shape index (κ2) is 5.71. The first-order chi connectivity index (χ1) is 10.4. The molecule has 0 fully saturated rings. The van der Waals surface area contributed by atoms with Gasteiger partial charge in [0.25, 0.3) is 5.91 Å². The highest BCUT2D eigenvalue weighted by atomic mass is 35.5. The van der Waals surface area contributed by atoms with Crippen molar-refractivity contribution < 1.29 is 4.79 Å². The molecular formula is C17H15ClN2OS. The van der Waals surface area contributed by atoms with Gasteiger partial charge in [0, 0.05) is 10.6 Å². The molecule has 5 heteroatoms. The lowest BCUT2D eigenvalue weighted by atomic mass is 10.1. The van der Waals surface area contributed by atoms with Crippen molar-refractivity contribution in [2.75, 3.05) is 5.32 Å². The lowest BCUT2D eigenvalue weighted by Crippen LogP contribution is -2.13. The standard InChI is InChI=1S/C17H15ClN2OS/c1-9-4-5-10(2)13(6-9)16(21)20-17-19-15-11(3)7-12(18)8-14(15)22-17/h4-8H,1-3H3,(H,19,20,21). The Labute approximate surface area is 138 Å². The van der Waals surface area contributed by atoms with Gasteiger partial charge >= 0.3 is 0 Å². The average Bonchev–Trinajstić information content (AvgIpc) is 2.84. The summed E-state index contributed by atoms with van der Waals surface area (Å²) >= 11 is 7.50. The number of halogens is 1. The molecule has 0 unspecified atom stereocenters. The zero-order valence-electron chi connectivity index (χ0n) is 12.5. The Morgan fingerprint density at radius 3 is 2.68 bits per heavy atom. The lowest BCUT2D eigenvalue weighted by molar-refractivity contribution is 0.102. The second-order valence-corrected chi connectivity index (χ2v) is 6.83. The van der Waals surface area contributed by atoms with Gasteiger partial charge in [0.15, 0.2) is 5.13 Å². The molecule has 22 heavy (non-hydrogen) atoms. The Bertz CT molecular complexity index is 886. The number of nitrogens with zero attached hydrogens (tertiary/aromatic N) is 1. The summed E-state index contributed by atoms with van der Waals surface area (Å²) < 4.78 is 0.973. The summed E-state index contributed by atoms with van der Waals surface area (Å²) in [5.74, 6) is -0.135. The zero-order valence-corrected chi connectivity index (χ0v) is 14.1. The molecule has 3 nitrogen and oxygen atoms in total. The summed E-state index contributed by atoms with van der Waals surface area (Å²) in [6.45, 7) is 5.86.